The second kappa shape index (κ2) is 7.37. The van der Waals surface area contributed by atoms with E-state index in [0.717, 1.165) is 41.9 Å². The van der Waals surface area contributed by atoms with Crippen molar-refractivity contribution in [2.45, 2.75) is 6.42 Å². The molecule has 1 saturated heterocycles. The summed E-state index contributed by atoms with van der Waals surface area (Å²) in [6, 6.07) is 15.3. The van der Waals surface area contributed by atoms with Crippen molar-refractivity contribution in [3.63, 3.8) is 0 Å². The second-order valence-corrected chi connectivity index (χ2v) is 7.61. The largest absolute Gasteiger partial charge is 0.341 e. The lowest BCUT2D eigenvalue weighted by Crippen LogP contribution is -2.35. The van der Waals surface area contributed by atoms with E-state index >= 15 is 0 Å². The number of imidazole rings is 1. The van der Waals surface area contributed by atoms with Crippen molar-refractivity contribution in [1.82, 2.24) is 19.9 Å². The highest BCUT2D eigenvalue weighted by Crippen LogP contribution is 2.26. The number of hydrogen-bond donors (Lipinski definition) is 1. The number of aromatic nitrogens is 3. The van der Waals surface area contributed by atoms with Gasteiger partial charge >= 0.3 is 0 Å². The fourth-order valence-corrected chi connectivity index (χ4v) is 4.12. The molecular formula is C22H20ClN5O. The molecule has 29 heavy (non-hydrogen) atoms. The normalized spacial score (nSPS) is 15.1. The maximum absolute atomic E-state index is 13.3. The van der Waals surface area contributed by atoms with Gasteiger partial charge in [0.05, 0.1) is 27.1 Å². The first-order valence-electron chi connectivity index (χ1n) is 9.73. The van der Waals surface area contributed by atoms with Crippen molar-refractivity contribution >= 4 is 45.4 Å². The topological polar surface area (TPSA) is 65.1 Å². The zero-order chi connectivity index (χ0) is 19.8. The predicted octanol–water partition coefficient (Wildman–Crippen LogP) is 4.12. The Kier molecular flexibility index (Phi) is 4.56. The van der Waals surface area contributed by atoms with Crippen LogP contribution in [0.25, 0.3) is 21.9 Å². The minimum absolute atomic E-state index is 0.00294. The van der Waals surface area contributed by atoms with Crippen LogP contribution < -0.4 is 4.90 Å². The monoisotopic (exact) mass is 405 g/mol. The van der Waals surface area contributed by atoms with Gasteiger partial charge in [0.1, 0.15) is 0 Å². The number of rotatable bonds is 2. The van der Waals surface area contributed by atoms with Crippen LogP contribution in [0.15, 0.2) is 54.7 Å². The molecule has 4 aromatic rings. The summed E-state index contributed by atoms with van der Waals surface area (Å²) in [4.78, 5) is 29.9. The highest BCUT2D eigenvalue weighted by atomic mass is 35.5. The van der Waals surface area contributed by atoms with Gasteiger partial charge in [-0.25, -0.2) is 4.98 Å². The van der Waals surface area contributed by atoms with Gasteiger partial charge in [-0.2, -0.15) is 0 Å². The first-order chi connectivity index (χ1) is 14.2. The number of halogens is 1. The summed E-state index contributed by atoms with van der Waals surface area (Å²) in [5.41, 5.74) is 3.24. The minimum Gasteiger partial charge on any atom is -0.341 e. The molecule has 0 bridgehead atoms. The maximum Gasteiger partial charge on any atom is 0.256 e. The zero-order valence-electron chi connectivity index (χ0n) is 15.8. The number of pyridine rings is 1. The van der Waals surface area contributed by atoms with E-state index in [2.05, 4.69) is 14.9 Å². The van der Waals surface area contributed by atoms with Crippen molar-refractivity contribution < 1.29 is 4.79 Å². The average molecular weight is 406 g/mol. The highest BCUT2D eigenvalue weighted by Gasteiger charge is 2.23. The lowest BCUT2D eigenvalue weighted by Gasteiger charge is -2.22. The lowest BCUT2D eigenvalue weighted by molar-refractivity contribution is 0.0769. The molecule has 1 aliphatic heterocycles. The maximum atomic E-state index is 13.3. The molecule has 0 atom stereocenters. The van der Waals surface area contributed by atoms with Crippen molar-refractivity contribution in [3.05, 3.63) is 65.3 Å². The number of aromatic amines is 1. The molecule has 6 nitrogen and oxygen atoms in total. The van der Waals surface area contributed by atoms with Crippen LogP contribution in [0.3, 0.4) is 0 Å². The van der Waals surface area contributed by atoms with Gasteiger partial charge < -0.3 is 14.8 Å². The molecule has 1 fully saturated rings. The second-order valence-electron chi connectivity index (χ2n) is 7.20. The first-order valence-corrected chi connectivity index (χ1v) is 10.1. The number of carbonyl (C=O) groups excluding carboxylic acids is 1. The Hall–Kier alpha value is -3.12. The van der Waals surface area contributed by atoms with Crippen LogP contribution in [0.5, 0.6) is 0 Å². The van der Waals surface area contributed by atoms with Gasteiger partial charge in [0.15, 0.2) is 0 Å². The van der Waals surface area contributed by atoms with E-state index in [4.69, 9.17) is 16.6 Å². The van der Waals surface area contributed by atoms with E-state index in [1.165, 1.54) is 0 Å². The summed E-state index contributed by atoms with van der Waals surface area (Å²) in [5.74, 6) is 0.857. The van der Waals surface area contributed by atoms with Crippen molar-refractivity contribution in [2.75, 3.05) is 31.1 Å². The number of hydrogen-bond acceptors (Lipinski definition) is 4. The SMILES string of the molecule is O=C(c1ccc(Cl)c2cccnc12)N1CCCN(c2nc3ccccc3[nH]2)CC1. The van der Waals surface area contributed by atoms with Crippen molar-refractivity contribution in [3.8, 4) is 0 Å². The van der Waals surface area contributed by atoms with Crippen LogP contribution in [-0.2, 0) is 0 Å². The Morgan fingerprint density at radius 1 is 1.00 bits per heavy atom. The summed E-state index contributed by atoms with van der Waals surface area (Å²) in [6.07, 6.45) is 2.57. The fourth-order valence-electron chi connectivity index (χ4n) is 3.90. The molecule has 1 N–H and O–H groups in total. The number of nitrogens with zero attached hydrogens (tertiary/aromatic N) is 4. The summed E-state index contributed by atoms with van der Waals surface area (Å²) >= 11 is 6.28. The molecular weight excluding hydrogens is 386 g/mol. The molecule has 1 amide bonds. The number of fused-ring (bicyclic) bond motifs is 2. The molecule has 0 saturated carbocycles. The molecule has 0 spiro atoms. The molecule has 146 valence electrons. The smallest absolute Gasteiger partial charge is 0.256 e. The number of amides is 1. The summed E-state index contributed by atoms with van der Waals surface area (Å²) in [5, 5.41) is 1.41. The lowest BCUT2D eigenvalue weighted by atomic mass is 10.1. The number of anilines is 1. The van der Waals surface area contributed by atoms with Crippen LogP contribution in [0.4, 0.5) is 5.95 Å². The van der Waals surface area contributed by atoms with Gasteiger partial charge in [0.25, 0.3) is 5.91 Å². The van der Waals surface area contributed by atoms with Gasteiger partial charge in [-0.3, -0.25) is 9.78 Å². The van der Waals surface area contributed by atoms with Crippen LogP contribution in [-0.4, -0.2) is 51.9 Å². The Balaban J connectivity index is 1.38. The van der Waals surface area contributed by atoms with Crippen LogP contribution in [0.2, 0.25) is 5.02 Å². The van der Waals surface area contributed by atoms with Crippen LogP contribution in [0, 0.1) is 0 Å². The molecule has 0 radical (unpaired) electrons. The van der Waals surface area contributed by atoms with E-state index in [0.29, 0.717) is 29.2 Å². The molecule has 1 aliphatic rings. The molecule has 2 aromatic heterocycles. The first kappa shape index (κ1) is 17.9. The van der Waals surface area contributed by atoms with Gasteiger partial charge in [0, 0.05) is 37.8 Å². The molecule has 0 aliphatic carbocycles. The number of benzene rings is 2. The third kappa shape index (κ3) is 3.29. The number of nitrogens with one attached hydrogen (secondary N) is 1. The third-order valence-electron chi connectivity index (χ3n) is 5.41. The van der Waals surface area contributed by atoms with E-state index in [1.807, 2.05) is 41.3 Å². The van der Waals surface area contributed by atoms with Crippen molar-refractivity contribution in [1.29, 1.82) is 0 Å². The summed E-state index contributed by atoms with van der Waals surface area (Å²) in [6.45, 7) is 2.91. The van der Waals surface area contributed by atoms with Gasteiger partial charge in [0.2, 0.25) is 5.95 Å². The molecule has 0 unspecified atom stereocenters. The van der Waals surface area contributed by atoms with Gasteiger partial charge in [-0.1, -0.05) is 23.7 Å². The molecule has 7 heteroatoms. The van der Waals surface area contributed by atoms with Crippen LogP contribution >= 0.6 is 11.6 Å². The standard InChI is InChI=1S/C22H20ClN5O/c23-17-9-8-16(20-15(17)5-3-10-24-20)21(29)27-11-4-12-28(14-13-27)22-25-18-6-1-2-7-19(18)26-22/h1-3,5-10H,4,11-14H2,(H,25,26). The van der Waals surface area contributed by atoms with E-state index in [1.54, 1.807) is 18.3 Å². The number of para-hydroxylation sites is 2. The van der Waals surface area contributed by atoms with Crippen LogP contribution in [0.1, 0.15) is 16.8 Å². The van der Waals surface area contributed by atoms with E-state index in [9.17, 15) is 4.79 Å². The van der Waals surface area contributed by atoms with Crippen molar-refractivity contribution in [2.24, 2.45) is 0 Å². The summed E-state index contributed by atoms with van der Waals surface area (Å²) < 4.78 is 0. The fraction of sp³-hybridized carbons (Fsp3) is 0.227. The Morgan fingerprint density at radius 2 is 1.90 bits per heavy atom. The number of H-pyrrole nitrogens is 1. The predicted molar refractivity (Wildman–Crippen MR) is 116 cm³/mol. The molecule has 5 rings (SSSR count). The molecule has 2 aromatic carbocycles. The third-order valence-corrected chi connectivity index (χ3v) is 5.74. The Bertz CT molecular complexity index is 1170. The van der Waals surface area contributed by atoms with Gasteiger partial charge in [-0.05, 0) is 42.8 Å². The zero-order valence-corrected chi connectivity index (χ0v) is 16.6. The van der Waals surface area contributed by atoms with E-state index < -0.39 is 0 Å². The quantitative estimate of drug-likeness (QED) is 0.545. The van der Waals surface area contributed by atoms with Gasteiger partial charge in [-0.15, -0.1) is 0 Å². The average Bonchev–Trinajstić information content (AvgIpc) is 3.03. The molecule has 3 heterocycles. The summed E-state index contributed by atoms with van der Waals surface area (Å²) in [7, 11) is 0. The highest BCUT2D eigenvalue weighted by molar-refractivity contribution is 6.36. The number of carbonyl (C=O) groups is 1. The van der Waals surface area contributed by atoms with E-state index in [-0.39, 0.29) is 5.91 Å². The Morgan fingerprint density at radius 3 is 2.79 bits per heavy atom. The Labute approximate surface area is 173 Å². The minimum atomic E-state index is -0.00294.